The maximum absolute atomic E-state index is 12.1. The lowest BCUT2D eigenvalue weighted by Crippen LogP contribution is -2.40. The maximum atomic E-state index is 12.1. The second-order valence-corrected chi connectivity index (χ2v) is 7.78. The Labute approximate surface area is 111 Å². The lowest BCUT2D eigenvalue weighted by Gasteiger charge is -2.20. The summed E-state index contributed by atoms with van der Waals surface area (Å²) in [5.74, 6) is 0.570. The minimum Gasteiger partial charge on any atom is -0.207 e. The van der Waals surface area contributed by atoms with Crippen molar-refractivity contribution in [2.75, 3.05) is 0 Å². The summed E-state index contributed by atoms with van der Waals surface area (Å²) in [5.41, 5.74) is 0.704. The lowest BCUT2D eigenvalue weighted by molar-refractivity contribution is 0.491. The third kappa shape index (κ3) is 4.78. The molecular weight excluding hydrogens is 246 g/mol. The first-order valence-electron chi connectivity index (χ1n) is 6.23. The highest BCUT2D eigenvalue weighted by Gasteiger charge is 2.21. The summed E-state index contributed by atoms with van der Waals surface area (Å²) in [6, 6.07) is 7.12. The van der Waals surface area contributed by atoms with Gasteiger partial charge in [-0.3, -0.25) is 0 Å². The molecule has 0 saturated heterocycles. The first kappa shape index (κ1) is 15.2. The molecule has 4 heteroatoms. The van der Waals surface area contributed by atoms with Crippen LogP contribution in [-0.4, -0.2) is 14.0 Å². The van der Waals surface area contributed by atoms with Gasteiger partial charge in [0.1, 0.15) is 0 Å². The van der Waals surface area contributed by atoms with Crippen molar-refractivity contribution in [2.45, 2.75) is 51.5 Å². The van der Waals surface area contributed by atoms with E-state index in [1.807, 2.05) is 32.9 Å². The molecule has 102 valence electrons. The number of hydrogen-bond donors (Lipinski definition) is 1. The van der Waals surface area contributed by atoms with Crippen molar-refractivity contribution in [1.82, 2.24) is 4.72 Å². The molecule has 0 fully saturated rings. The lowest BCUT2D eigenvalue weighted by atomic mass is 10.0. The normalized spacial score (nSPS) is 13.0. The van der Waals surface area contributed by atoms with Gasteiger partial charge in [0.15, 0.2) is 0 Å². The molecule has 18 heavy (non-hydrogen) atoms. The predicted octanol–water partition coefficient (Wildman–Crippen LogP) is 2.96. The van der Waals surface area contributed by atoms with Gasteiger partial charge in [-0.2, -0.15) is 0 Å². The van der Waals surface area contributed by atoms with Crippen LogP contribution >= 0.6 is 0 Å². The van der Waals surface area contributed by atoms with Crippen molar-refractivity contribution in [3.05, 3.63) is 29.8 Å². The Bertz CT molecular complexity index is 482. The molecule has 0 aliphatic carbocycles. The van der Waals surface area contributed by atoms with Crippen LogP contribution in [-0.2, 0) is 16.4 Å². The highest BCUT2D eigenvalue weighted by molar-refractivity contribution is 7.89. The fraction of sp³-hybridized carbons (Fsp3) is 0.571. The average molecular weight is 269 g/mol. The van der Waals surface area contributed by atoms with Crippen molar-refractivity contribution in [2.24, 2.45) is 5.92 Å². The number of sulfonamides is 1. The third-order valence-electron chi connectivity index (χ3n) is 2.32. The fourth-order valence-corrected chi connectivity index (χ4v) is 3.16. The largest absolute Gasteiger partial charge is 0.241 e. The number of rotatable bonds is 4. The third-order valence-corrected chi connectivity index (χ3v) is 4.09. The van der Waals surface area contributed by atoms with Crippen molar-refractivity contribution in [3.8, 4) is 0 Å². The Morgan fingerprint density at radius 2 is 1.61 bits per heavy atom. The Balaban J connectivity index is 2.91. The molecule has 1 aromatic rings. The van der Waals surface area contributed by atoms with Crippen LogP contribution in [0.5, 0.6) is 0 Å². The van der Waals surface area contributed by atoms with Gasteiger partial charge in [-0.25, -0.2) is 13.1 Å². The summed E-state index contributed by atoms with van der Waals surface area (Å²) < 4.78 is 26.8. The molecule has 3 nitrogen and oxygen atoms in total. The molecule has 0 bridgehead atoms. The minimum absolute atomic E-state index is 0.324. The van der Waals surface area contributed by atoms with Crippen molar-refractivity contribution in [1.29, 1.82) is 0 Å². The molecule has 0 saturated carbocycles. The second-order valence-electron chi connectivity index (χ2n) is 6.10. The summed E-state index contributed by atoms with van der Waals surface area (Å²) >= 11 is 0. The molecule has 1 rings (SSSR count). The van der Waals surface area contributed by atoms with Crippen LogP contribution in [0.3, 0.4) is 0 Å². The van der Waals surface area contributed by atoms with Gasteiger partial charge in [0.05, 0.1) is 4.90 Å². The number of nitrogens with one attached hydrogen (secondary N) is 1. The molecule has 0 aromatic heterocycles. The molecule has 1 N–H and O–H groups in total. The van der Waals surface area contributed by atoms with E-state index in [4.69, 9.17) is 0 Å². The van der Waals surface area contributed by atoms with E-state index in [9.17, 15) is 8.42 Å². The van der Waals surface area contributed by atoms with Crippen molar-refractivity contribution < 1.29 is 8.42 Å². The van der Waals surface area contributed by atoms with Gasteiger partial charge in [0, 0.05) is 5.54 Å². The van der Waals surface area contributed by atoms with Crippen LogP contribution in [0.2, 0.25) is 0 Å². The highest BCUT2D eigenvalue weighted by Crippen LogP contribution is 2.15. The number of hydrogen-bond acceptors (Lipinski definition) is 2. The van der Waals surface area contributed by atoms with Crippen LogP contribution in [0, 0.1) is 5.92 Å². The Kier molecular flexibility index (Phi) is 4.56. The van der Waals surface area contributed by atoms with Crippen molar-refractivity contribution in [3.63, 3.8) is 0 Å². The highest BCUT2D eigenvalue weighted by atomic mass is 32.2. The van der Waals surface area contributed by atoms with E-state index in [0.29, 0.717) is 10.8 Å². The zero-order chi connectivity index (χ0) is 14.0. The molecule has 0 spiro atoms. The van der Waals surface area contributed by atoms with E-state index in [1.54, 1.807) is 12.1 Å². The average Bonchev–Trinajstić information content (AvgIpc) is 2.13. The van der Waals surface area contributed by atoms with Gasteiger partial charge in [-0.1, -0.05) is 26.0 Å². The van der Waals surface area contributed by atoms with Crippen LogP contribution < -0.4 is 4.72 Å². The Hall–Kier alpha value is -0.870. The predicted molar refractivity (Wildman–Crippen MR) is 75.1 cm³/mol. The van der Waals surface area contributed by atoms with Gasteiger partial charge in [0.2, 0.25) is 10.0 Å². The van der Waals surface area contributed by atoms with Gasteiger partial charge >= 0.3 is 0 Å². The van der Waals surface area contributed by atoms with E-state index in [0.717, 1.165) is 6.42 Å². The Morgan fingerprint density at radius 3 is 2.00 bits per heavy atom. The van der Waals surface area contributed by atoms with Gasteiger partial charge in [-0.15, -0.1) is 0 Å². The van der Waals surface area contributed by atoms with Crippen LogP contribution in [0.1, 0.15) is 40.2 Å². The summed E-state index contributed by atoms with van der Waals surface area (Å²) in [4.78, 5) is 0.324. The first-order valence-corrected chi connectivity index (χ1v) is 7.71. The molecule has 0 heterocycles. The summed E-state index contributed by atoms with van der Waals surface area (Å²) in [6.45, 7) is 9.78. The zero-order valence-electron chi connectivity index (χ0n) is 11.8. The van der Waals surface area contributed by atoms with Gasteiger partial charge in [0.25, 0.3) is 0 Å². The molecule has 0 amide bonds. The monoisotopic (exact) mass is 269 g/mol. The maximum Gasteiger partial charge on any atom is 0.241 e. The summed E-state index contributed by atoms with van der Waals surface area (Å²) in [7, 11) is -3.41. The van der Waals surface area contributed by atoms with Crippen molar-refractivity contribution >= 4 is 10.0 Å². The summed E-state index contributed by atoms with van der Waals surface area (Å²) in [5, 5.41) is 0. The molecule has 0 aliphatic heterocycles. The van der Waals surface area contributed by atoms with Crippen LogP contribution in [0.25, 0.3) is 0 Å². The standard InChI is InChI=1S/C14H23NO2S/c1-11(2)10-12-6-8-13(9-7-12)18(16,17)15-14(3,4)5/h6-9,11,15H,10H2,1-5H3. The van der Waals surface area contributed by atoms with Gasteiger partial charge in [-0.05, 0) is 50.8 Å². The van der Waals surface area contributed by atoms with Crippen LogP contribution in [0.15, 0.2) is 29.2 Å². The molecule has 0 radical (unpaired) electrons. The topological polar surface area (TPSA) is 46.2 Å². The van der Waals surface area contributed by atoms with E-state index in [1.165, 1.54) is 5.56 Å². The fourth-order valence-electron chi connectivity index (χ4n) is 1.74. The molecule has 0 atom stereocenters. The van der Waals surface area contributed by atoms with Crippen LogP contribution in [0.4, 0.5) is 0 Å². The SMILES string of the molecule is CC(C)Cc1ccc(S(=O)(=O)NC(C)(C)C)cc1. The van der Waals surface area contributed by atoms with E-state index in [-0.39, 0.29) is 0 Å². The number of benzene rings is 1. The minimum atomic E-state index is -3.41. The quantitative estimate of drug-likeness (QED) is 0.913. The first-order chi connectivity index (χ1) is 8.10. The molecule has 1 aromatic carbocycles. The Morgan fingerprint density at radius 1 is 1.11 bits per heavy atom. The molecule has 0 aliphatic rings. The summed E-state index contributed by atoms with van der Waals surface area (Å²) in [6.07, 6.45) is 0.965. The molecule has 0 unspecified atom stereocenters. The smallest absolute Gasteiger partial charge is 0.207 e. The zero-order valence-corrected chi connectivity index (χ0v) is 12.6. The van der Waals surface area contributed by atoms with Gasteiger partial charge < -0.3 is 0 Å². The second kappa shape index (κ2) is 5.41. The van der Waals surface area contributed by atoms with E-state index in [2.05, 4.69) is 18.6 Å². The molecular formula is C14H23NO2S. The van der Waals surface area contributed by atoms with E-state index >= 15 is 0 Å². The van der Waals surface area contributed by atoms with E-state index < -0.39 is 15.6 Å².